The van der Waals surface area contributed by atoms with Crippen molar-refractivity contribution < 1.29 is 13.2 Å². The van der Waals surface area contributed by atoms with Crippen molar-refractivity contribution in [1.29, 1.82) is 0 Å². The van der Waals surface area contributed by atoms with E-state index >= 15 is 0 Å². The van der Waals surface area contributed by atoms with Gasteiger partial charge in [0.1, 0.15) is 11.6 Å². The van der Waals surface area contributed by atoms with Crippen LogP contribution in [0.25, 0.3) is 0 Å². The van der Waals surface area contributed by atoms with Crippen LogP contribution in [0.2, 0.25) is 0 Å². The summed E-state index contributed by atoms with van der Waals surface area (Å²) in [5.41, 5.74) is 0.810. The van der Waals surface area contributed by atoms with Gasteiger partial charge in [-0.1, -0.05) is 12.1 Å². The van der Waals surface area contributed by atoms with Gasteiger partial charge in [0.25, 0.3) is 0 Å². The van der Waals surface area contributed by atoms with E-state index in [-0.39, 0.29) is 17.5 Å². The number of aliphatic imine (C=N–C) groups is 1. The van der Waals surface area contributed by atoms with Gasteiger partial charge in [0.15, 0.2) is 5.96 Å². The third-order valence-corrected chi connectivity index (χ3v) is 6.33. The Morgan fingerprint density at radius 1 is 1.39 bits per heavy atom. The maximum Gasteiger partial charge on any atom is 0.240 e. The van der Waals surface area contributed by atoms with Gasteiger partial charge in [-0.05, 0) is 38.0 Å². The summed E-state index contributed by atoms with van der Waals surface area (Å²) in [6.45, 7) is 6.28. The van der Waals surface area contributed by atoms with Crippen molar-refractivity contribution in [1.82, 2.24) is 30.1 Å². The molecule has 2 heterocycles. The highest BCUT2D eigenvalue weighted by Crippen LogP contribution is 2.14. The van der Waals surface area contributed by atoms with Crippen molar-refractivity contribution in [3.05, 3.63) is 41.5 Å². The van der Waals surface area contributed by atoms with Crippen LogP contribution in [0.15, 0.2) is 34.2 Å². The summed E-state index contributed by atoms with van der Waals surface area (Å²) in [7, 11) is -2.05. The van der Waals surface area contributed by atoms with E-state index in [1.165, 1.54) is 7.11 Å². The van der Waals surface area contributed by atoms with Crippen LogP contribution in [-0.2, 0) is 34.3 Å². The molecule has 1 unspecified atom stereocenters. The quantitative estimate of drug-likeness (QED) is 0.291. The molecule has 1 aliphatic heterocycles. The Bertz CT molecular complexity index is 1000. The molecular formula is C20H31N7O3S. The second kappa shape index (κ2) is 10.7. The Balaban J connectivity index is 1.65. The van der Waals surface area contributed by atoms with Crippen LogP contribution in [0.5, 0.6) is 0 Å². The molecule has 0 saturated carbocycles. The molecule has 1 aliphatic rings. The van der Waals surface area contributed by atoms with E-state index in [0.29, 0.717) is 19.1 Å². The number of nitrogens with zero attached hydrogens (tertiary/aromatic N) is 4. The molecule has 0 saturated heterocycles. The summed E-state index contributed by atoms with van der Waals surface area (Å²) in [6, 6.07) is 7.01. The first kappa shape index (κ1) is 23.2. The molecule has 3 N–H and O–H groups in total. The van der Waals surface area contributed by atoms with Crippen LogP contribution >= 0.6 is 0 Å². The van der Waals surface area contributed by atoms with E-state index < -0.39 is 10.0 Å². The zero-order chi connectivity index (χ0) is 22.3. The molecule has 0 spiro atoms. The minimum atomic E-state index is -3.58. The monoisotopic (exact) mass is 449 g/mol. The van der Waals surface area contributed by atoms with Crippen LogP contribution in [0.3, 0.4) is 0 Å². The van der Waals surface area contributed by atoms with Gasteiger partial charge in [-0.15, -0.1) is 0 Å². The number of ether oxygens (including phenoxy) is 1. The third kappa shape index (κ3) is 6.49. The van der Waals surface area contributed by atoms with Crippen molar-refractivity contribution in [2.45, 2.75) is 50.7 Å². The van der Waals surface area contributed by atoms with E-state index in [0.717, 1.165) is 43.1 Å². The Morgan fingerprint density at radius 3 is 3.00 bits per heavy atom. The zero-order valence-corrected chi connectivity index (χ0v) is 19.1. The summed E-state index contributed by atoms with van der Waals surface area (Å²) in [4.78, 5) is 9.32. The van der Waals surface area contributed by atoms with Crippen molar-refractivity contribution in [2.75, 3.05) is 26.8 Å². The predicted octanol–water partition coefficient (Wildman–Crippen LogP) is 0.581. The summed E-state index contributed by atoms with van der Waals surface area (Å²) in [5, 5.41) is 11.2. The summed E-state index contributed by atoms with van der Waals surface area (Å²) >= 11 is 0. The molecule has 2 aromatic rings. The van der Waals surface area contributed by atoms with Crippen LogP contribution in [0.4, 0.5) is 0 Å². The molecule has 0 bridgehead atoms. The third-order valence-electron chi connectivity index (χ3n) is 4.88. The molecule has 3 rings (SSSR count). The van der Waals surface area contributed by atoms with Crippen LogP contribution in [-0.4, -0.2) is 62.0 Å². The van der Waals surface area contributed by atoms with Crippen LogP contribution < -0.4 is 15.4 Å². The van der Waals surface area contributed by atoms with Crippen LogP contribution in [0.1, 0.15) is 30.6 Å². The molecule has 1 aromatic heterocycles. The normalized spacial score (nSPS) is 16.7. The SMILES string of the molecule is CCNC(=NCc1cccc(S(=O)(=O)NCCOC)c1)NC1CCc2nc(C)nn2C1. The van der Waals surface area contributed by atoms with E-state index in [4.69, 9.17) is 4.74 Å². The fraction of sp³-hybridized carbons (Fsp3) is 0.550. The number of guanidine groups is 1. The summed E-state index contributed by atoms with van der Waals surface area (Å²) < 4.78 is 34.2. The number of fused-ring (bicyclic) bond motifs is 1. The molecule has 0 fully saturated rings. The van der Waals surface area contributed by atoms with Gasteiger partial charge >= 0.3 is 0 Å². The van der Waals surface area contributed by atoms with Crippen molar-refractivity contribution in [3.63, 3.8) is 0 Å². The lowest BCUT2D eigenvalue weighted by Gasteiger charge is -2.25. The highest BCUT2D eigenvalue weighted by molar-refractivity contribution is 7.89. The second-order valence-corrected chi connectivity index (χ2v) is 9.14. The van der Waals surface area contributed by atoms with E-state index in [9.17, 15) is 8.42 Å². The molecule has 10 nitrogen and oxygen atoms in total. The molecular weight excluding hydrogens is 418 g/mol. The lowest BCUT2D eigenvalue weighted by Crippen LogP contribution is -2.47. The number of aryl methyl sites for hydroxylation is 2. The molecule has 1 aromatic carbocycles. The minimum Gasteiger partial charge on any atom is -0.383 e. The fourth-order valence-corrected chi connectivity index (χ4v) is 4.49. The number of nitrogens with one attached hydrogen (secondary N) is 3. The number of aromatic nitrogens is 3. The standard InChI is InChI=1S/C20H31N7O3S/c1-4-21-20(25-17-8-9-19-24-15(2)26-27(19)14-17)22-13-16-6-5-7-18(12-16)31(28,29)23-10-11-30-3/h5-7,12,17,23H,4,8-11,13-14H2,1-3H3,(H2,21,22,25). The van der Waals surface area contributed by atoms with Gasteiger partial charge < -0.3 is 15.4 Å². The second-order valence-electron chi connectivity index (χ2n) is 7.37. The van der Waals surface area contributed by atoms with Gasteiger partial charge in [0.2, 0.25) is 10.0 Å². The molecule has 0 aliphatic carbocycles. The molecule has 11 heteroatoms. The Labute approximate surface area is 183 Å². The van der Waals surface area contributed by atoms with Crippen molar-refractivity contribution >= 4 is 16.0 Å². The average Bonchev–Trinajstić information content (AvgIpc) is 3.12. The van der Waals surface area contributed by atoms with Gasteiger partial charge in [0.05, 0.1) is 24.6 Å². The van der Waals surface area contributed by atoms with Crippen molar-refractivity contribution in [2.24, 2.45) is 4.99 Å². The molecule has 31 heavy (non-hydrogen) atoms. The first-order valence-electron chi connectivity index (χ1n) is 10.4. The smallest absolute Gasteiger partial charge is 0.240 e. The highest BCUT2D eigenvalue weighted by atomic mass is 32.2. The number of hydrogen-bond donors (Lipinski definition) is 3. The van der Waals surface area contributed by atoms with Gasteiger partial charge in [0, 0.05) is 32.7 Å². The molecule has 170 valence electrons. The average molecular weight is 450 g/mol. The first-order chi connectivity index (χ1) is 14.9. The largest absolute Gasteiger partial charge is 0.383 e. The minimum absolute atomic E-state index is 0.197. The lowest BCUT2D eigenvalue weighted by atomic mass is 10.1. The first-order valence-corrected chi connectivity index (χ1v) is 11.9. The van der Waals surface area contributed by atoms with Crippen molar-refractivity contribution in [3.8, 4) is 0 Å². The highest BCUT2D eigenvalue weighted by Gasteiger charge is 2.21. The van der Waals surface area contributed by atoms with Gasteiger partial charge in [-0.2, -0.15) is 5.10 Å². The maximum atomic E-state index is 12.4. The Morgan fingerprint density at radius 2 is 2.23 bits per heavy atom. The number of hydrogen-bond acceptors (Lipinski definition) is 6. The van der Waals surface area contributed by atoms with E-state index in [2.05, 4.69) is 30.4 Å². The van der Waals surface area contributed by atoms with E-state index in [1.807, 2.05) is 24.6 Å². The topological polar surface area (TPSA) is 123 Å². The molecule has 0 radical (unpaired) electrons. The fourth-order valence-electron chi connectivity index (χ4n) is 3.41. The number of methoxy groups -OCH3 is 1. The number of sulfonamides is 1. The number of rotatable bonds is 9. The van der Waals surface area contributed by atoms with E-state index in [1.54, 1.807) is 18.2 Å². The molecule has 0 amide bonds. The van der Waals surface area contributed by atoms with Gasteiger partial charge in [-0.25, -0.2) is 27.8 Å². The molecule has 1 atom stereocenters. The van der Waals surface area contributed by atoms with Gasteiger partial charge in [-0.3, -0.25) is 0 Å². The predicted molar refractivity (Wildman–Crippen MR) is 118 cm³/mol. The maximum absolute atomic E-state index is 12.4. The summed E-state index contributed by atoms with van der Waals surface area (Å²) in [6.07, 6.45) is 1.82. The Hall–Kier alpha value is -2.50. The lowest BCUT2D eigenvalue weighted by molar-refractivity contribution is 0.204. The Kier molecular flexibility index (Phi) is 7.99. The number of benzene rings is 1. The summed E-state index contributed by atoms with van der Waals surface area (Å²) in [5.74, 6) is 2.51. The zero-order valence-electron chi connectivity index (χ0n) is 18.3. The van der Waals surface area contributed by atoms with Crippen LogP contribution in [0, 0.1) is 6.92 Å².